The minimum absolute atomic E-state index is 0.427. The van der Waals surface area contributed by atoms with Gasteiger partial charge in [0.2, 0.25) is 0 Å². The number of nitrogens with two attached hydrogens (primary N) is 1. The van der Waals surface area contributed by atoms with Gasteiger partial charge in [0.05, 0.1) is 12.2 Å². The molecule has 0 aromatic carbocycles. The molecule has 1 saturated heterocycles. The largest absolute Gasteiger partial charge is 0.374 e. The number of rotatable bonds is 4. The molecular weight excluding hydrogens is 140 g/mol. The molecule has 0 spiro atoms. The molecule has 0 radical (unpaired) electrons. The lowest BCUT2D eigenvalue weighted by atomic mass is 10.2. The number of hydrogen-bond acceptors (Lipinski definition) is 3. The Morgan fingerprint density at radius 2 is 2.36 bits per heavy atom. The van der Waals surface area contributed by atoms with E-state index in [0.29, 0.717) is 18.8 Å². The van der Waals surface area contributed by atoms with Crippen molar-refractivity contribution < 1.29 is 4.74 Å². The van der Waals surface area contributed by atoms with Crippen LogP contribution in [0.15, 0.2) is 0 Å². The van der Waals surface area contributed by atoms with Crippen molar-refractivity contribution >= 4 is 0 Å². The van der Waals surface area contributed by atoms with Crippen molar-refractivity contribution in [3.63, 3.8) is 0 Å². The lowest BCUT2D eigenvalue weighted by Crippen LogP contribution is -2.30. The Balaban J connectivity index is 1.99. The summed E-state index contributed by atoms with van der Waals surface area (Å²) < 4.78 is 5.60. The molecule has 1 rings (SSSR count). The van der Waals surface area contributed by atoms with Crippen molar-refractivity contribution in [1.29, 1.82) is 0 Å². The van der Waals surface area contributed by atoms with Crippen molar-refractivity contribution in [3.05, 3.63) is 0 Å². The molecule has 1 heterocycles. The quantitative estimate of drug-likeness (QED) is 0.571. The fourth-order valence-corrected chi connectivity index (χ4v) is 1.40. The third-order valence-electron chi connectivity index (χ3n) is 2.01. The van der Waals surface area contributed by atoms with Gasteiger partial charge >= 0.3 is 0 Å². The molecule has 3 N–H and O–H groups in total. The summed E-state index contributed by atoms with van der Waals surface area (Å²) in [4.78, 5) is 0. The van der Waals surface area contributed by atoms with E-state index in [4.69, 9.17) is 10.5 Å². The molecule has 1 aliphatic rings. The monoisotopic (exact) mass is 158 g/mol. The lowest BCUT2D eigenvalue weighted by Gasteiger charge is -2.11. The van der Waals surface area contributed by atoms with Crippen LogP contribution in [0.3, 0.4) is 0 Å². The summed E-state index contributed by atoms with van der Waals surface area (Å²) in [6.45, 7) is 4.70. The standard InChI is InChI=1S/C8H18N2O/c1-7-2-3-8(11-7)6-10-5-4-9/h7-8,10H,2-6,9H2,1H3. The Labute approximate surface area is 68.3 Å². The van der Waals surface area contributed by atoms with Crippen molar-refractivity contribution in [2.45, 2.75) is 32.0 Å². The van der Waals surface area contributed by atoms with Crippen LogP contribution in [0, 0.1) is 0 Å². The summed E-state index contributed by atoms with van der Waals surface area (Å²) in [6.07, 6.45) is 3.28. The molecule has 0 bridgehead atoms. The summed E-state index contributed by atoms with van der Waals surface area (Å²) in [5, 5.41) is 3.25. The predicted molar refractivity (Wildman–Crippen MR) is 45.5 cm³/mol. The van der Waals surface area contributed by atoms with Gasteiger partial charge in [-0.3, -0.25) is 0 Å². The summed E-state index contributed by atoms with van der Waals surface area (Å²) in [5.74, 6) is 0. The van der Waals surface area contributed by atoms with Gasteiger partial charge in [-0.05, 0) is 19.8 Å². The first-order valence-electron chi connectivity index (χ1n) is 4.39. The normalized spacial score (nSPS) is 31.1. The van der Waals surface area contributed by atoms with Crippen molar-refractivity contribution in [1.82, 2.24) is 5.32 Å². The number of ether oxygens (including phenoxy) is 1. The van der Waals surface area contributed by atoms with Crippen molar-refractivity contribution in [3.8, 4) is 0 Å². The van der Waals surface area contributed by atoms with Crippen LogP contribution >= 0.6 is 0 Å². The number of hydrogen-bond donors (Lipinski definition) is 2. The van der Waals surface area contributed by atoms with Gasteiger partial charge in [-0.25, -0.2) is 0 Å². The molecule has 0 aromatic heterocycles. The van der Waals surface area contributed by atoms with Gasteiger partial charge in [-0.2, -0.15) is 0 Å². The Kier molecular flexibility index (Phi) is 3.83. The van der Waals surface area contributed by atoms with Crippen LogP contribution in [0.1, 0.15) is 19.8 Å². The molecule has 3 heteroatoms. The van der Waals surface area contributed by atoms with E-state index in [1.165, 1.54) is 12.8 Å². The molecule has 66 valence electrons. The second-order valence-electron chi connectivity index (χ2n) is 3.14. The maximum Gasteiger partial charge on any atom is 0.0704 e. The maximum atomic E-state index is 5.60. The molecule has 2 atom stereocenters. The second kappa shape index (κ2) is 4.70. The van der Waals surface area contributed by atoms with Gasteiger partial charge in [-0.1, -0.05) is 0 Å². The second-order valence-corrected chi connectivity index (χ2v) is 3.14. The van der Waals surface area contributed by atoms with E-state index in [2.05, 4.69) is 12.2 Å². The van der Waals surface area contributed by atoms with E-state index >= 15 is 0 Å². The first-order chi connectivity index (χ1) is 5.33. The number of nitrogens with one attached hydrogen (secondary N) is 1. The average Bonchev–Trinajstić information content (AvgIpc) is 2.37. The summed E-state index contributed by atoms with van der Waals surface area (Å²) in [6, 6.07) is 0. The molecule has 1 aliphatic heterocycles. The fraction of sp³-hybridized carbons (Fsp3) is 1.00. The molecule has 1 fully saturated rings. The highest BCUT2D eigenvalue weighted by Gasteiger charge is 2.20. The minimum Gasteiger partial charge on any atom is -0.374 e. The van der Waals surface area contributed by atoms with Crippen LogP contribution in [0.4, 0.5) is 0 Å². The summed E-state index contributed by atoms with van der Waals surface area (Å²) in [7, 11) is 0. The SMILES string of the molecule is CC1CCC(CNCCN)O1. The smallest absolute Gasteiger partial charge is 0.0704 e. The van der Waals surface area contributed by atoms with Crippen LogP contribution in [0.25, 0.3) is 0 Å². The molecule has 0 amide bonds. The average molecular weight is 158 g/mol. The highest BCUT2D eigenvalue weighted by atomic mass is 16.5. The third-order valence-corrected chi connectivity index (χ3v) is 2.01. The zero-order valence-electron chi connectivity index (χ0n) is 7.18. The molecule has 0 saturated carbocycles. The van der Waals surface area contributed by atoms with Crippen LogP contribution in [-0.2, 0) is 4.74 Å². The van der Waals surface area contributed by atoms with Crippen LogP contribution in [0.2, 0.25) is 0 Å². The van der Waals surface area contributed by atoms with E-state index in [1.807, 2.05) is 0 Å². The zero-order chi connectivity index (χ0) is 8.10. The first-order valence-corrected chi connectivity index (χ1v) is 4.39. The maximum absolute atomic E-state index is 5.60. The van der Waals surface area contributed by atoms with E-state index in [0.717, 1.165) is 13.1 Å². The zero-order valence-corrected chi connectivity index (χ0v) is 7.18. The Bertz CT molecular complexity index is 108. The Morgan fingerprint density at radius 3 is 2.91 bits per heavy atom. The van der Waals surface area contributed by atoms with Gasteiger partial charge in [-0.15, -0.1) is 0 Å². The van der Waals surface area contributed by atoms with Gasteiger partial charge in [0.25, 0.3) is 0 Å². The molecule has 11 heavy (non-hydrogen) atoms. The molecule has 2 unspecified atom stereocenters. The Morgan fingerprint density at radius 1 is 1.55 bits per heavy atom. The van der Waals surface area contributed by atoms with Crippen LogP contribution in [0.5, 0.6) is 0 Å². The predicted octanol–water partition coefficient (Wildman–Crippen LogP) is 0.102. The van der Waals surface area contributed by atoms with Gasteiger partial charge in [0.15, 0.2) is 0 Å². The summed E-state index contributed by atoms with van der Waals surface area (Å²) in [5.41, 5.74) is 5.34. The van der Waals surface area contributed by atoms with Crippen LogP contribution in [-0.4, -0.2) is 31.8 Å². The topological polar surface area (TPSA) is 47.3 Å². The van der Waals surface area contributed by atoms with Crippen LogP contribution < -0.4 is 11.1 Å². The van der Waals surface area contributed by atoms with Gasteiger partial charge in [0.1, 0.15) is 0 Å². The van der Waals surface area contributed by atoms with Gasteiger partial charge in [0, 0.05) is 19.6 Å². The molecular formula is C8H18N2O. The van der Waals surface area contributed by atoms with Gasteiger partial charge < -0.3 is 15.8 Å². The highest BCUT2D eigenvalue weighted by Crippen LogP contribution is 2.17. The van der Waals surface area contributed by atoms with E-state index in [1.54, 1.807) is 0 Å². The van der Waals surface area contributed by atoms with Crippen molar-refractivity contribution in [2.24, 2.45) is 5.73 Å². The minimum atomic E-state index is 0.427. The fourth-order valence-electron chi connectivity index (χ4n) is 1.40. The third kappa shape index (κ3) is 3.18. The molecule has 0 aliphatic carbocycles. The van der Waals surface area contributed by atoms with Crippen molar-refractivity contribution in [2.75, 3.05) is 19.6 Å². The molecule has 0 aromatic rings. The Hall–Kier alpha value is -0.120. The summed E-state index contributed by atoms with van der Waals surface area (Å²) >= 11 is 0. The van der Waals surface area contributed by atoms with E-state index < -0.39 is 0 Å². The lowest BCUT2D eigenvalue weighted by molar-refractivity contribution is 0.0563. The highest BCUT2D eigenvalue weighted by molar-refractivity contribution is 4.72. The van der Waals surface area contributed by atoms with E-state index in [9.17, 15) is 0 Å². The molecule has 3 nitrogen and oxygen atoms in total. The van der Waals surface area contributed by atoms with E-state index in [-0.39, 0.29) is 0 Å². The first kappa shape index (κ1) is 8.97.